The Kier molecular flexibility index (Phi) is 4.27. The lowest BCUT2D eigenvalue weighted by Gasteiger charge is -2.42. The summed E-state index contributed by atoms with van der Waals surface area (Å²) in [5.74, 6) is -1.13. The van der Waals surface area contributed by atoms with Crippen molar-refractivity contribution in [2.75, 3.05) is 7.05 Å². The number of allylic oxidation sites excluding steroid dienone is 1. The summed E-state index contributed by atoms with van der Waals surface area (Å²) < 4.78 is 0. The molecule has 0 bridgehead atoms. The molecule has 0 unspecified atom stereocenters. The van der Waals surface area contributed by atoms with Gasteiger partial charge in [0.15, 0.2) is 5.78 Å². The standard InChI is InChI=1S/C13H19NO4/c1-9(15)13(14(3)10(2)16)6-4-11(5-7-13)8-12(17)18/h8H,4-7H2,1-3H3,(H,17,18). The quantitative estimate of drug-likeness (QED) is 0.771. The van der Waals surface area contributed by atoms with Crippen LogP contribution < -0.4 is 0 Å². The molecule has 0 aromatic carbocycles. The third-order valence-corrected chi connectivity index (χ3v) is 3.82. The van der Waals surface area contributed by atoms with E-state index in [1.807, 2.05) is 0 Å². The van der Waals surface area contributed by atoms with E-state index in [2.05, 4.69) is 0 Å². The second kappa shape index (κ2) is 5.33. The monoisotopic (exact) mass is 253 g/mol. The maximum Gasteiger partial charge on any atom is 0.328 e. The minimum Gasteiger partial charge on any atom is -0.478 e. The third kappa shape index (κ3) is 2.78. The molecular weight excluding hydrogens is 234 g/mol. The van der Waals surface area contributed by atoms with Gasteiger partial charge in [-0.05, 0) is 32.6 Å². The largest absolute Gasteiger partial charge is 0.478 e. The summed E-state index contributed by atoms with van der Waals surface area (Å²) >= 11 is 0. The molecule has 1 aliphatic rings. The lowest BCUT2D eigenvalue weighted by Crippen LogP contribution is -2.55. The summed E-state index contributed by atoms with van der Waals surface area (Å²) in [6.45, 7) is 2.93. The van der Waals surface area contributed by atoms with Gasteiger partial charge in [0.05, 0.1) is 0 Å². The van der Waals surface area contributed by atoms with Crippen LogP contribution in [0.5, 0.6) is 0 Å². The fraction of sp³-hybridized carbons (Fsp3) is 0.615. The summed E-state index contributed by atoms with van der Waals surface area (Å²) in [7, 11) is 1.63. The molecule has 0 radical (unpaired) electrons. The minimum atomic E-state index is -0.958. The van der Waals surface area contributed by atoms with Gasteiger partial charge in [0.1, 0.15) is 5.54 Å². The molecule has 1 N–H and O–H groups in total. The number of hydrogen-bond donors (Lipinski definition) is 1. The Balaban J connectivity index is 2.91. The predicted octanol–water partition coefficient (Wildman–Crippen LogP) is 1.38. The molecule has 0 aromatic rings. The van der Waals surface area contributed by atoms with E-state index in [1.165, 1.54) is 24.8 Å². The number of aliphatic carboxylic acids is 1. The highest BCUT2D eigenvalue weighted by Crippen LogP contribution is 2.36. The summed E-state index contributed by atoms with van der Waals surface area (Å²) in [6.07, 6.45) is 3.29. The Morgan fingerprint density at radius 1 is 1.22 bits per heavy atom. The van der Waals surface area contributed by atoms with Gasteiger partial charge in [-0.15, -0.1) is 0 Å². The van der Waals surface area contributed by atoms with Crippen LogP contribution in [0.3, 0.4) is 0 Å². The van der Waals surface area contributed by atoms with Gasteiger partial charge in [-0.3, -0.25) is 9.59 Å². The molecular formula is C13H19NO4. The maximum absolute atomic E-state index is 11.9. The fourth-order valence-corrected chi connectivity index (χ4v) is 2.53. The zero-order valence-electron chi connectivity index (χ0n) is 11.0. The van der Waals surface area contributed by atoms with Crippen LogP contribution in [0.1, 0.15) is 39.5 Å². The van der Waals surface area contributed by atoms with Crippen molar-refractivity contribution < 1.29 is 19.5 Å². The normalized spacial score (nSPS) is 23.4. The number of Topliss-reactive ketones (excluding diaryl/α,β-unsaturated/α-hetero) is 1. The number of ketones is 1. The second-order valence-corrected chi connectivity index (χ2v) is 4.81. The molecule has 0 heterocycles. The predicted molar refractivity (Wildman–Crippen MR) is 66.0 cm³/mol. The number of rotatable bonds is 3. The average Bonchev–Trinajstić information content (AvgIpc) is 2.28. The molecule has 0 aliphatic heterocycles. The van der Waals surface area contributed by atoms with Crippen LogP contribution in [-0.2, 0) is 14.4 Å². The highest BCUT2D eigenvalue weighted by Gasteiger charge is 2.42. The Bertz CT molecular complexity index is 401. The van der Waals surface area contributed by atoms with Crippen molar-refractivity contribution in [3.05, 3.63) is 11.6 Å². The van der Waals surface area contributed by atoms with Crippen molar-refractivity contribution in [1.29, 1.82) is 0 Å². The molecule has 1 fully saturated rings. The molecule has 18 heavy (non-hydrogen) atoms. The lowest BCUT2D eigenvalue weighted by molar-refractivity contribution is -0.144. The van der Waals surface area contributed by atoms with E-state index in [0.717, 1.165) is 5.57 Å². The van der Waals surface area contributed by atoms with Crippen molar-refractivity contribution in [3.8, 4) is 0 Å². The van der Waals surface area contributed by atoms with Gasteiger partial charge < -0.3 is 10.0 Å². The lowest BCUT2D eigenvalue weighted by atomic mass is 9.75. The van der Waals surface area contributed by atoms with Gasteiger partial charge in [-0.1, -0.05) is 5.57 Å². The SMILES string of the molecule is CC(=O)N(C)C1(C(C)=O)CCC(=CC(=O)O)CC1. The number of likely N-dealkylation sites (N-methyl/N-ethyl adjacent to an activating group) is 1. The average molecular weight is 253 g/mol. The highest BCUT2D eigenvalue weighted by molar-refractivity contribution is 5.91. The molecule has 1 rings (SSSR count). The van der Waals surface area contributed by atoms with Crippen LogP contribution in [0.2, 0.25) is 0 Å². The van der Waals surface area contributed by atoms with Gasteiger partial charge in [0.2, 0.25) is 5.91 Å². The number of hydrogen-bond acceptors (Lipinski definition) is 3. The van der Waals surface area contributed by atoms with Crippen LogP contribution >= 0.6 is 0 Å². The number of carbonyl (C=O) groups is 3. The van der Waals surface area contributed by atoms with Gasteiger partial charge >= 0.3 is 5.97 Å². The smallest absolute Gasteiger partial charge is 0.328 e. The number of carboxylic acid groups (broad SMARTS) is 1. The highest BCUT2D eigenvalue weighted by atomic mass is 16.4. The molecule has 1 saturated carbocycles. The maximum atomic E-state index is 11.9. The second-order valence-electron chi connectivity index (χ2n) is 4.81. The van der Waals surface area contributed by atoms with Crippen molar-refractivity contribution in [2.24, 2.45) is 0 Å². The number of carbonyl (C=O) groups excluding carboxylic acids is 2. The molecule has 0 aromatic heterocycles. The first-order valence-electron chi connectivity index (χ1n) is 5.97. The summed E-state index contributed by atoms with van der Waals surface area (Å²) in [5.41, 5.74) is 0.0677. The third-order valence-electron chi connectivity index (χ3n) is 3.82. The Morgan fingerprint density at radius 2 is 1.72 bits per heavy atom. The zero-order valence-corrected chi connectivity index (χ0v) is 11.0. The number of amides is 1. The van der Waals surface area contributed by atoms with Crippen LogP contribution in [-0.4, -0.2) is 40.3 Å². The summed E-state index contributed by atoms with van der Waals surface area (Å²) in [4.78, 5) is 35.4. The van der Waals surface area contributed by atoms with Crippen LogP contribution in [0.4, 0.5) is 0 Å². The van der Waals surface area contributed by atoms with Crippen LogP contribution in [0, 0.1) is 0 Å². The number of carboxylic acids is 1. The topological polar surface area (TPSA) is 74.7 Å². The minimum absolute atomic E-state index is 0.0328. The van der Waals surface area contributed by atoms with Gasteiger partial charge in [0.25, 0.3) is 0 Å². The molecule has 5 heteroatoms. The first-order valence-corrected chi connectivity index (χ1v) is 5.97. The van der Waals surface area contributed by atoms with Crippen molar-refractivity contribution in [1.82, 2.24) is 4.90 Å². The van der Waals surface area contributed by atoms with Crippen molar-refractivity contribution in [3.63, 3.8) is 0 Å². The first-order chi connectivity index (χ1) is 8.29. The summed E-state index contributed by atoms with van der Waals surface area (Å²) in [5, 5.41) is 8.69. The van der Waals surface area contributed by atoms with E-state index in [1.54, 1.807) is 7.05 Å². The Hall–Kier alpha value is -1.65. The van der Waals surface area contributed by atoms with Gasteiger partial charge in [0, 0.05) is 20.0 Å². The zero-order chi connectivity index (χ0) is 13.9. The van der Waals surface area contributed by atoms with E-state index >= 15 is 0 Å². The molecule has 1 aliphatic carbocycles. The first kappa shape index (κ1) is 14.4. The summed E-state index contributed by atoms with van der Waals surface area (Å²) in [6, 6.07) is 0. The van der Waals surface area contributed by atoms with E-state index < -0.39 is 11.5 Å². The van der Waals surface area contributed by atoms with E-state index in [9.17, 15) is 14.4 Å². The molecule has 0 saturated heterocycles. The molecule has 1 amide bonds. The van der Waals surface area contributed by atoms with E-state index in [-0.39, 0.29) is 11.7 Å². The molecule has 100 valence electrons. The van der Waals surface area contributed by atoms with Crippen molar-refractivity contribution in [2.45, 2.75) is 45.1 Å². The number of nitrogens with zero attached hydrogens (tertiary/aromatic N) is 1. The van der Waals surface area contributed by atoms with Gasteiger partial charge in [-0.2, -0.15) is 0 Å². The molecule has 0 spiro atoms. The molecule has 0 atom stereocenters. The van der Waals surface area contributed by atoms with E-state index in [0.29, 0.717) is 25.7 Å². The van der Waals surface area contributed by atoms with Gasteiger partial charge in [-0.25, -0.2) is 4.79 Å². The van der Waals surface area contributed by atoms with Crippen molar-refractivity contribution >= 4 is 17.7 Å². The Morgan fingerprint density at radius 3 is 2.06 bits per heavy atom. The fourth-order valence-electron chi connectivity index (χ4n) is 2.53. The van der Waals surface area contributed by atoms with Crippen LogP contribution in [0.25, 0.3) is 0 Å². The Labute approximate surface area is 106 Å². The van der Waals surface area contributed by atoms with Crippen LogP contribution in [0.15, 0.2) is 11.6 Å². The van der Waals surface area contributed by atoms with E-state index in [4.69, 9.17) is 5.11 Å². The molecule has 5 nitrogen and oxygen atoms in total.